The van der Waals surface area contributed by atoms with Crippen molar-refractivity contribution in [3.05, 3.63) is 80.7 Å². The number of halogens is 1. The number of hydrazone groups is 1. The minimum atomic E-state index is -0.487. The van der Waals surface area contributed by atoms with E-state index in [9.17, 15) is 4.79 Å². The number of ether oxygens (including phenoxy) is 2. The van der Waals surface area contributed by atoms with Crippen molar-refractivity contribution in [1.82, 2.24) is 10.2 Å². The zero-order chi connectivity index (χ0) is 19.9. The highest BCUT2D eigenvalue weighted by molar-refractivity contribution is 6.32. The Hall–Kier alpha value is -3.32. The third-order valence-corrected chi connectivity index (χ3v) is 4.27. The summed E-state index contributed by atoms with van der Waals surface area (Å²) in [4.78, 5) is 11.4. The molecule has 28 heavy (non-hydrogen) atoms. The number of aryl methyl sites for hydroxylation is 1. The molecule has 0 aliphatic heterocycles. The smallest absolute Gasteiger partial charge is 0.285 e. The molecule has 3 aromatic rings. The molecule has 1 aromatic heterocycles. The van der Waals surface area contributed by atoms with Crippen LogP contribution >= 0.6 is 11.6 Å². The van der Waals surface area contributed by atoms with Crippen LogP contribution in [0.4, 0.5) is 5.69 Å². The Balaban J connectivity index is 1.67. The van der Waals surface area contributed by atoms with Crippen LogP contribution in [0.1, 0.15) is 16.7 Å². The van der Waals surface area contributed by atoms with E-state index < -0.39 is 5.56 Å². The summed E-state index contributed by atoms with van der Waals surface area (Å²) in [5.41, 5.74) is 5.57. The van der Waals surface area contributed by atoms with E-state index in [1.165, 1.54) is 11.8 Å². The average Bonchev–Trinajstić information content (AvgIpc) is 2.71. The quantitative estimate of drug-likeness (QED) is 0.467. The van der Waals surface area contributed by atoms with E-state index in [4.69, 9.17) is 21.1 Å². The number of nitrogens with one attached hydrogen (secondary N) is 2. The van der Waals surface area contributed by atoms with Gasteiger partial charge in [-0.1, -0.05) is 41.4 Å². The van der Waals surface area contributed by atoms with Crippen LogP contribution in [0.15, 0.2) is 58.6 Å². The van der Waals surface area contributed by atoms with Crippen LogP contribution in [-0.2, 0) is 6.61 Å². The monoisotopic (exact) mass is 398 g/mol. The molecular weight excluding hydrogens is 380 g/mol. The number of aromatic nitrogens is 2. The van der Waals surface area contributed by atoms with Crippen molar-refractivity contribution < 1.29 is 9.47 Å². The normalized spacial score (nSPS) is 10.8. The Bertz CT molecular complexity index is 1030. The first-order valence-electron chi connectivity index (χ1n) is 8.45. The van der Waals surface area contributed by atoms with E-state index in [2.05, 4.69) is 20.7 Å². The number of benzene rings is 2. The molecule has 7 nitrogen and oxygen atoms in total. The number of hydrogen-bond acceptors (Lipinski definition) is 6. The Labute approximate surface area is 167 Å². The van der Waals surface area contributed by atoms with Crippen LogP contribution in [0, 0.1) is 6.92 Å². The van der Waals surface area contributed by atoms with E-state index in [1.807, 2.05) is 43.3 Å². The molecule has 3 rings (SSSR count). The Morgan fingerprint density at radius 3 is 2.75 bits per heavy atom. The van der Waals surface area contributed by atoms with Gasteiger partial charge in [0.1, 0.15) is 17.3 Å². The number of H-pyrrole nitrogens is 1. The predicted molar refractivity (Wildman–Crippen MR) is 110 cm³/mol. The lowest BCUT2D eigenvalue weighted by molar-refractivity contribution is 0.284. The number of rotatable bonds is 7. The van der Waals surface area contributed by atoms with E-state index in [0.29, 0.717) is 23.8 Å². The van der Waals surface area contributed by atoms with Gasteiger partial charge in [-0.05, 0) is 36.2 Å². The van der Waals surface area contributed by atoms with Gasteiger partial charge in [0.2, 0.25) is 0 Å². The third kappa shape index (κ3) is 4.89. The second kappa shape index (κ2) is 9.05. The van der Waals surface area contributed by atoms with Crippen molar-refractivity contribution in [1.29, 1.82) is 0 Å². The molecule has 0 aliphatic rings. The molecule has 0 aliphatic carbocycles. The van der Waals surface area contributed by atoms with Crippen molar-refractivity contribution in [3.63, 3.8) is 0 Å². The summed E-state index contributed by atoms with van der Waals surface area (Å²) in [6.07, 6.45) is 2.95. The topological polar surface area (TPSA) is 88.6 Å². The second-order valence-electron chi connectivity index (χ2n) is 5.98. The largest absolute Gasteiger partial charge is 0.493 e. The first kappa shape index (κ1) is 19.4. The van der Waals surface area contributed by atoms with E-state index >= 15 is 0 Å². The van der Waals surface area contributed by atoms with Crippen LogP contribution in [0.2, 0.25) is 5.02 Å². The van der Waals surface area contributed by atoms with Crippen molar-refractivity contribution in [2.45, 2.75) is 13.5 Å². The van der Waals surface area contributed by atoms with Gasteiger partial charge < -0.3 is 9.47 Å². The van der Waals surface area contributed by atoms with Crippen LogP contribution in [0.25, 0.3) is 0 Å². The lowest BCUT2D eigenvalue weighted by atomic mass is 10.2. The van der Waals surface area contributed by atoms with Gasteiger partial charge in [0.15, 0.2) is 11.5 Å². The van der Waals surface area contributed by atoms with Gasteiger partial charge >= 0.3 is 0 Å². The van der Waals surface area contributed by atoms with Gasteiger partial charge in [-0.15, -0.1) is 0 Å². The fourth-order valence-corrected chi connectivity index (χ4v) is 2.50. The SMILES string of the molecule is COc1cc(/C=N\Nc2cn[nH]c(=O)c2Cl)ccc1OCc1ccc(C)cc1. The zero-order valence-corrected chi connectivity index (χ0v) is 16.2. The molecule has 2 N–H and O–H groups in total. The summed E-state index contributed by atoms with van der Waals surface area (Å²) >= 11 is 5.88. The number of anilines is 1. The Morgan fingerprint density at radius 1 is 1.21 bits per heavy atom. The highest BCUT2D eigenvalue weighted by Crippen LogP contribution is 2.28. The fourth-order valence-electron chi connectivity index (χ4n) is 2.37. The fraction of sp³-hybridized carbons (Fsp3) is 0.150. The van der Waals surface area contributed by atoms with Gasteiger partial charge in [-0.3, -0.25) is 10.2 Å². The maximum absolute atomic E-state index is 11.4. The predicted octanol–water partition coefficient (Wildman–Crippen LogP) is 3.77. The number of nitrogens with zero attached hydrogens (tertiary/aromatic N) is 2. The molecule has 2 aromatic carbocycles. The molecule has 0 amide bonds. The minimum Gasteiger partial charge on any atom is -0.493 e. The summed E-state index contributed by atoms with van der Waals surface area (Å²) in [6, 6.07) is 13.6. The molecule has 0 atom stereocenters. The van der Waals surface area contributed by atoms with Crippen LogP contribution in [-0.4, -0.2) is 23.5 Å². The van der Waals surface area contributed by atoms with E-state index in [-0.39, 0.29) is 5.02 Å². The van der Waals surface area contributed by atoms with Gasteiger partial charge in [0.25, 0.3) is 5.56 Å². The van der Waals surface area contributed by atoms with E-state index in [1.54, 1.807) is 19.4 Å². The maximum atomic E-state index is 11.4. The number of hydrogen-bond donors (Lipinski definition) is 2. The zero-order valence-electron chi connectivity index (χ0n) is 15.4. The van der Waals surface area contributed by atoms with Crippen molar-refractivity contribution in [3.8, 4) is 11.5 Å². The van der Waals surface area contributed by atoms with Crippen molar-refractivity contribution in [2.24, 2.45) is 5.10 Å². The molecule has 0 spiro atoms. The highest BCUT2D eigenvalue weighted by atomic mass is 35.5. The average molecular weight is 399 g/mol. The van der Waals surface area contributed by atoms with Crippen LogP contribution < -0.4 is 20.5 Å². The van der Waals surface area contributed by atoms with E-state index in [0.717, 1.165) is 11.1 Å². The maximum Gasteiger partial charge on any atom is 0.285 e. The number of aromatic amines is 1. The molecule has 0 saturated carbocycles. The third-order valence-electron chi connectivity index (χ3n) is 3.90. The lowest BCUT2D eigenvalue weighted by Gasteiger charge is -2.11. The molecule has 0 radical (unpaired) electrons. The minimum absolute atomic E-state index is 0.00964. The van der Waals surface area contributed by atoms with Gasteiger partial charge in [0, 0.05) is 0 Å². The molecular formula is C20H19ClN4O3. The lowest BCUT2D eigenvalue weighted by Crippen LogP contribution is -2.10. The summed E-state index contributed by atoms with van der Waals surface area (Å²) in [7, 11) is 1.58. The Kier molecular flexibility index (Phi) is 6.29. The summed E-state index contributed by atoms with van der Waals surface area (Å²) in [5, 5.41) is 9.96. The van der Waals surface area contributed by atoms with Crippen molar-refractivity contribution in [2.75, 3.05) is 12.5 Å². The first-order chi connectivity index (χ1) is 13.6. The summed E-state index contributed by atoms with van der Waals surface area (Å²) in [5.74, 6) is 1.22. The standard InChI is InChI=1S/C20H19ClN4O3/c1-13-3-5-14(6-4-13)12-28-17-8-7-15(9-18(17)27-2)10-22-24-16-11-23-25-20(26)19(16)21/h3-11H,12H2,1-2H3,(H2,24,25,26)/b22-10-. The molecule has 8 heteroatoms. The molecule has 144 valence electrons. The summed E-state index contributed by atoms with van der Waals surface area (Å²) < 4.78 is 11.3. The number of methoxy groups -OCH3 is 1. The first-order valence-corrected chi connectivity index (χ1v) is 8.83. The van der Waals surface area contributed by atoms with Crippen LogP contribution in [0.3, 0.4) is 0 Å². The molecule has 1 heterocycles. The van der Waals surface area contributed by atoms with Crippen LogP contribution in [0.5, 0.6) is 11.5 Å². The van der Waals surface area contributed by atoms with Gasteiger partial charge in [-0.25, -0.2) is 5.10 Å². The van der Waals surface area contributed by atoms with Crippen molar-refractivity contribution >= 4 is 23.5 Å². The molecule has 0 saturated heterocycles. The highest BCUT2D eigenvalue weighted by Gasteiger charge is 2.06. The molecule has 0 unspecified atom stereocenters. The molecule has 0 bridgehead atoms. The summed E-state index contributed by atoms with van der Waals surface area (Å²) in [6.45, 7) is 2.49. The van der Waals surface area contributed by atoms with Gasteiger partial charge in [-0.2, -0.15) is 10.2 Å². The van der Waals surface area contributed by atoms with Gasteiger partial charge in [0.05, 0.1) is 19.5 Å². The Morgan fingerprint density at radius 2 is 2.00 bits per heavy atom. The second-order valence-corrected chi connectivity index (χ2v) is 6.36. The molecule has 0 fully saturated rings.